The predicted octanol–water partition coefficient (Wildman–Crippen LogP) is 3.52. The number of hydrogen-bond acceptors (Lipinski definition) is 2. The Hall–Kier alpha value is -0.710. The van der Waals surface area contributed by atoms with E-state index in [0.717, 1.165) is 39.0 Å². The van der Waals surface area contributed by atoms with Gasteiger partial charge in [-0.2, -0.15) is 0 Å². The van der Waals surface area contributed by atoms with Crippen molar-refractivity contribution in [2.45, 2.75) is 31.7 Å². The molecule has 1 N–H and O–H groups in total. The van der Waals surface area contributed by atoms with E-state index in [9.17, 15) is 8.78 Å². The molecular weight excluding hydrogens is 294 g/mol. The summed E-state index contributed by atoms with van der Waals surface area (Å²) in [6.07, 6.45) is 4.68. The second kappa shape index (κ2) is 7.52. The van der Waals surface area contributed by atoms with Gasteiger partial charge in [-0.05, 0) is 24.8 Å². The van der Waals surface area contributed by atoms with E-state index in [4.69, 9.17) is 0 Å². The molecule has 1 saturated carbocycles. The Kier molecular flexibility index (Phi) is 5.97. The van der Waals surface area contributed by atoms with Crippen molar-refractivity contribution in [2.75, 3.05) is 26.2 Å². The number of rotatable bonds is 3. The summed E-state index contributed by atoms with van der Waals surface area (Å²) >= 11 is 0. The summed E-state index contributed by atoms with van der Waals surface area (Å²) in [7, 11) is 0. The molecule has 0 spiro atoms. The van der Waals surface area contributed by atoms with Gasteiger partial charge in [-0.25, -0.2) is 8.78 Å². The van der Waals surface area contributed by atoms with Crippen molar-refractivity contribution >= 4 is 12.4 Å². The normalized spacial score (nSPS) is 22.0. The van der Waals surface area contributed by atoms with E-state index in [1.165, 1.54) is 18.9 Å². The molecule has 2 aliphatic rings. The topological polar surface area (TPSA) is 15.3 Å². The first-order chi connectivity index (χ1) is 9.77. The minimum atomic E-state index is -0.722. The molecule has 0 aromatic heterocycles. The number of benzene rings is 1. The molecule has 0 bridgehead atoms. The van der Waals surface area contributed by atoms with Crippen molar-refractivity contribution in [3.63, 3.8) is 0 Å². The van der Waals surface area contributed by atoms with E-state index in [1.807, 2.05) is 0 Å². The third kappa shape index (κ3) is 3.55. The summed E-state index contributed by atoms with van der Waals surface area (Å²) < 4.78 is 27.8. The molecule has 2 nitrogen and oxygen atoms in total. The van der Waals surface area contributed by atoms with Crippen LogP contribution in [0.1, 0.15) is 37.3 Å². The lowest BCUT2D eigenvalue weighted by molar-refractivity contribution is 0.122. The molecule has 21 heavy (non-hydrogen) atoms. The SMILES string of the molecule is Cl.Fc1cccc([C@@H](C2CCCC2)N2CCNCC2)c1F. The van der Waals surface area contributed by atoms with Crippen LogP contribution in [0.3, 0.4) is 0 Å². The van der Waals surface area contributed by atoms with Crippen LogP contribution in [0, 0.1) is 17.6 Å². The highest BCUT2D eigenvalue weighted by Gasteiger charge is 2.33. The largest absolute Gasteiger partial charge is 0.314 e. The molecule has 118 valence electrons. The molecular formula is C16H23ClF2N2. The highest BCUT2D eigenvalue weighted by Crippen LogP contribution is 2.40. The standard InChI is InChI=1S/C16H22F2N2.ClH/c17-14-7-3-6-13(15(14)18)16(12-4-1-2-5-12)20-10-8-19-9-11-20;/h3,6-7,12,16,19H,1-2,4-5,8-11H2;1H/t16-;/m1./s1. The van der Waals surface area contributed by atoms with Crippen LogP contribution in [0.15, 0.2) is 18.2 Å². The summed E-state index contributed by atoms with van der Waals surface area (Å²) in [5.74, 6) is -0.909. The van der Waals surface area contributed by atoms with Gasteiger partial charge in [0.2, 0.25) is 0 Å². The lowest BCUT2D eigenvalue weighted by atomic mass is 9.89. The van der Waals surface area contributed by atoms with Crippen molar-refractivity contribution in [3.8, 4) is 0 Å². The van der Waals surface area contributed by atoms with Gasteiger partial charge >= 0.3 is 0 Å². The molecule has 5 heteroatoms. The Morgan fingerprint density at radius 1 is 1.10 bits per heavy atom. The van der Waals surface area contributed by atoms with E-state index in [-0.39, 0.29) is 18.4 Å². The first-order valence-corrected chi connectivity index (χ1v) is 7.66. The Bertz CT molecular complexity index is 458. The van der Waals surface area contributed by atoms with Gasteiger partial charge in [0.15, 0.2) is 11.6 Å². The zero-order chi connectivity index (χ0) is 13.9. The number of hydrogen-bond donors (Lipinski definition) is 1. The van der Waals surface area contributed by atoms with Crippen LogP contribution in [0.5, 0.6) is 0 Å². The Morgan fingerprint density at radius 3 is 2.43 bits per heavy atom. The maximum Gasteiger partial charge on any atom is 0.163 e. The number of halogens is 3. The van der Waals surface area contributed by atoms with Crippen molar-refractivity contribution in [2.24, 2.45) is 5.92 Å². The van der Waals surface area contributed by atoms with Gasteiger partial charge in [-0.15, -0.1) is 12.4 Å². The van der Waals surface area contributed by atoms with Gasteiger partial charge in [-0.3, -0.25) is 4.90 Å². The summed E-state index contributed by atoms with van der Waals surface area (Å²) in [6.45, 7) is 3.69. The summed E-state index contributed by atoms with van der Waals surface area (Å²) in [6, 6.07) is 4.65. The van der Waals surface area contributed by atoms with Crippen molar-refractivity contribution in [1.82, 2.24) is 10.2 Å². The van der Waals surface area contributed by atoms with E-state index in [1.54, 1.807) is 12.1 Å². The second-order valence-electron chi connectivity index (χ2n) is 5.92. The predicted molar refractivity (Wildman–Crippen MR) is 82.7 cm³/mol. The lowest BCUT2D eigenvalue weighted by Crippen LogP contribution is -2.47. The second-order valence-corrected chi connectivity index (χ2v) is 5.92. The summed E-state index contributed by atoms with van der Waals surface area (Å²) in [5, 5.41) is 3.33. The molecule has 1 aromatic carbocycles. The van der Waals surface area contributed by atoms with Gasteiger partial charge in [0.1, 0.15) is 0 Å². The van der Waals surface area contributed by atoms with E-state index >= 15 is 0 Å². The highest BCUT2D eigenvalue weighted by molar-refractivity contribution is 5.85. The van der Waals surface area contributed by atoms with Crippen molar-refractivity contribution in [3.05, 3.63) is 35.4 Å². The molecule has 1 aliphatic heterocycles. The van der Waals surface area contributed by atoms with Crippen LogP contribution < -0.4 is 5.32 Å². The van der Waals surface area contributed by atoms with E-state index in [2.05, 4.69) is 10.2 Å². The van der Waals surface area contributed by atoms with Crippen LogP contribution in [0.25, 0.3) is 0 Å². The monoisotopic (exact) mass is 316 g/mol. The zero-order valence-corrected chi connectivity index (χ0v) is 13.0. The minimum absolute atomic E-state index is 0. The fraction of sp³-hybridized carbons (Fsp3) is 0.625. The first kappa shape index (κ1) is 16.7. The lowest BCUT2D eigenvalue weighted by Gasteiger charge is -2.38. The van der Waals surface area contributed by atoms with Crippen LogP contribution in [-0.4, -0.2) is 31.1 Å². The third-order valence-electron chi connectivity index (χ3n) is 4.69. The van der Waals surface area contributed by atoms with Crippen LogP contribution in [0.2, 0.25) is 0 Å². The number of nitrogens with zero attached hydrogens (tertiary/aromatic N) is 1. The molecule has 3 rings (SSSR count). The Morgan fingerprint density at radius 2 is 1.76 bits per heavy atom. The quantitative estimate of drug-likeness (QED) is 0.918. The van der Waals surface area contributed by atoms with Gasteiger partial charge in [0.25, 0.3) is 0 Å². The molecule has 0 unspecified atom stereocenters. The fourth-order valence-electron chi connectivity index (χ4n) is 3.73. The van der Waals surface area contributed by atoms with E-state index in [0.29, 0.717) is 11.5 Å². The van der Waals surface area contributed by atoms with Crippen molar-refractivity contribution < 1.29 is 8.78 Å². The minimum Gasteiger partial charge on any atom is -0.314 e. The highest BCUT2D eigenvalue weighted by atomic mass is 35.5. The summed E-state index contributed by atoms with van der Waals surface area (Å²) in [4.78, 5) is 2.34. The molecule has 1 atom stereocenters. The number of nitrogens with one attached hydrogen (secondary N) is 1. The average molecular weight is 317 g/mol. The third-order valence-corrected chi connectivity index (χ3v) is 4.69. The van der Waals surface area contributed by atoms with Gasteiger partial charge < -0.3 is 5.32 Å². The molecule has 1 aliphatic carbocycles. The Labute approximate surface area is 131 Å². The smallest absolute Gasteiger partial charge is 0.163 e. The fourth-order valence-corrected chi connectivity index (χ4v) is 3.73. The number of piperazine rings is 1. The van der Waals surface area contributed by atoms with E-state index < -0.39 is 11.6 Å². The van der Waals surface area contributed by atoms with Gasteiger partial charge in [-0.1, -0.05) is 25.0 Å². The van der Waals surface area contributed by atoms with Crippen LogP contribution in [-0.2, 0) is 0 Å². The Balaban J connectivity index is 0.00000161. The molecule has 0 amide bonds. The average Bonchev–Trinajstić information content (AvgIpc) is 2.99. The first-order valence-electron chi connectivity index (χ1n) is 7.66. The van der Waals surface area contributed by atoms with Crippen LogP contribution in [0.4, 0.5) is 8.78 Å². The zero-order valence-electron chi connectivity index (χ0n) is 12.2. The molecule has 1 saturated heterocycles. The molecule has 1 aromatic rings. The summed E-state index contributed by atoms with van der Waals surface area (Å²) in [5.41, 5.74) is 0.554. The maximum atomic E-state index is 14.2. The van der Waals surface area contributed by atoms with Crippen molar-refractivity contribution in [1.29, 1.82) is 0 Å². The van der Waals surface area contributed by atoms with Gasteiger partial charge in [0.05, 0.1) is 0 Å². The molecule has 0 radical (unpaired) electrons. The maximum absolute atomic E-state index is 14.2. The molecule has 2 fully saturated rings. The van der Waals surface area contributed by atoms with Crippen LogP contribution >= 0.6 is 12.4 Å². The molecule has 1 heterocycles. The van der Waals surface area contributed by atoms with Gasteiger partial charge in [0, 0.05) is 37.8 Å².